The number of fused-ring (bicyclic) bond motifs is 1. The van der Waals surface area contributed by atoms with Gasteiger partial charge in [0.25, 0.3) is 0 Å². The summed E-state index contributed by atoms with van der Waals surface area (Å²) in [4.78, 5) is 7.99. The molecule has 6 N–H and O–H groups in total. The van der Waals surface area contributed by atoms with E-state index in [2.05, 4.69) is 9.97 Å². The zero-order chi connectivity index (χ0) is 16.0. The highest BCUT2D eigenvalue weighted by molar-refractivity contribution is 7.80. The number of aliphatic hydroxyl groups excluding tert-OH is 2. The maximum Gasteiger partial charge on any atom is 0.173 e. The van der Waals surface area contributed by atoms with Crippen LogP contribution in [0.3, 0.4) is 0 Å². The topological polar surface area (TPSA) is 132 Å². The molecule has 0 amide bonds. The highest BCUT2D eigenvalue weighted by atomic mass is 32.1. The largest absolute Gasteiger partial charge is 0.394 e. The summed E-state index contributed by atoms with van der Waals surface area (Å²) in [5, 5.41) is 19.3. The number of hydrogen-bond acceptors (Lipinski definition) is 7. The molecule has 2 aromatic rings. The number of nitrogen functional groups attached to an aromatic ring is 1. The summed E-state index contributed by atoms with van der Waals surface area (Å²) in [5.74, 6) is 0.152. The Labute approximate surface area is 129 Å². The van der Waals surface area contributed by atoms with Gasteiger partial charge in [0.2, 0.25) is 0 Å². The average molecular weight is 327 g/mol. The molecule has 2 aromatic heterocycles. The van der Waals surface area contributed by atoms with Gasteiger partial charge < -0.3 is 31.0 Å². The van der Waals surface area contributed by atoms with Gasteiger partial charge in [-0.1, -0.05) is 12.2 Å². The summed E-state index contributed by atoms with van der Waals surface area (Å²) in [6.45, 7) is -0.503. The van der Waals surface area contributed by atoms with Crippen molar-refractivity contribution in [3.8, 4) is 0 Å². The molecule has 4 atom stereocenters. The Morgan fingerprint density at radius 2 is 2.23 bits per heavy atom. The summed E-state index contributed by atoms with van der Waals surface area (Å²) in [5.41, 5.74) is 12.2. The minimum Gasteiger partial charge on any atom is -0.394 e. The fraction of sp³-hybridized carbons (Fsp3) is 0.417. The molecule has 118 valence electrons. The smallest absolute Gasteiger partial charge is 0.173 e. The number of halogens is 1. The normalized spacial score (nSPS) is 28.3. The van der Waals surface area contributed by atoms with Gasteiger partial charge in [-0.3, -0.25) is 0 Å². The summed E-state index contributed by atoms with van der Waals surface area (Å²) in [6, 6.07) is 0. The van der Waals surface area contributed by atoms with Crippen molar-refractivity contribution in [1.82, 2.24) is 14.5 Å². The molecule has 10 heteroatoms. The van der Waals surface area contributed by atoms with Gasteiger partial charge in [0.1, 0.15) is 35.0 Å². The van der Waals surface area contributed by atoms with E-state index in [1.807, 2.05) is 0 Å². The van der Waals surface area contributed by atoms with Gasteiger partial charge in [-0.2, -0.15) is 0 Å². The molecule has 0 radical (unpaired) electrons. The van der Waals surface area contributed by atoms with E-state index in [-0.39, 0.29) is 16.5 Å². The fourth-order valence-electron chi connectivity index (χ4n) is 2.57. The van der Waals surface area contributed by atoms with Crippen LogP contribution in [0.25, 0.3) is 11.0 Å². The number of nitrogens with zero attached hydrogens (tertiary/aromatic N) is 3. The van der Waals surface area contributed by atoms with Gasteiger partial charge in [-0.05, 0) is 0 Å². The Hall–Kier alpha value is -1.88. The van der Waals surface area contributed by atoms with Crippen LogP contribution in [0.2, 0.25) is 0 Å². The van der Waals surface area contributed by atoms with E-state index in [1.165, 1.54) is 17.1 Å². The fourth-order valence-corrected chi connectivity index (χ4v) is 2.72. The van der Waals surface area contributed by atoms with Crippen LogP contribution in [0.15, 0.2) is 12.5 Å². The quantitative estimate of drug-likeness (QED) is 0.541. The van der Waals surface area contributed by atoms with E-state index in [0.717, 1.165) is 0 Å². The number of hydrogen-bond donors (Lipinski definition) is 4. The Bertz CT molecular complexity index is 739. The monoisotopic (exact) mass is 327 g/mol. The molecule has 22 heavy (non-hydrogen) atoms. The maximum absolute atomic E-state index is 14.3. The second-order valence-electron chi connectivity index (χ2n) is 4.95. The summed E-state index contributed by atoms with van der Waals surface area (Å²) in [6.07, 6.45) is -2.71. The first-order valence-electron chi connectivity index (χ1n) is 6.45. The molecule has 1 aliphatic heterocycles. The van der Waals surface area contributed by atoms with Crippen molar-refractivity contribution in [2.24, 2.45) is 5.73 Å². The molecule has 0 unspecified atom stereocenters. The molecular weight excluding hydrogens is 313 g/mol. The van der Waals surface area contributed by atoms with Crippen molar-refractivity contribution >= 4 is 34.1 Å². The lowest BCUT2D eigenvalue weighted by atomic mass is 10.1. The zero-order valence-corrected chi connectivity index (χ0v) is 12.1. The predicted molar refractivity (Wildman–Crippen MR) is 79.7 cm³/mol. The van der Waals surface area contributed by atoms with Gasteiger partial charge in [0.05, 0.1) is 12.0 Å². The van der Waals surface area contributed by atoms with Gasteiger partial charge in [-0.15, -0.1) is 0 Å². The number of anilines is 1. The van der Waals surface area contributed by atoms with Crippen molar-refractivity contribution < 1.29 is 19.3 Å². The first kappa shape index (κ1) is 15.0. The minimum absolute atomic E-state index is 0.0536. The molecule has 0 bridgehead atoms. The maximum atomic E-state index is 14.3. The highest BCUT2D eigenvalue weighted by Crippen LogP contribution is 2.35. The highest BCUT2D eigenvalue weighted by Gasteiger charge is 2.45. The summed E-state index contributed by atoms with van der Waals surface area (Å²) in [7, 11) is 0. The average Bonchev–Trinajstić information content (AvgIpc) is 3.00. The first-order chi connectivity index (χ1) is 10.5. The van der Waals surface area contributed by atoms with Crippen LogP contribution >= 0.6 is 12.2 Å². The number of nitrogens with two attached hydrogens (primary N) is 2. The lowest BCUT2D eigenvalue weighted by molar-refractivity contribution is -0.0457. The zero-order valence-electron chi connectivity index (χ0n) is 11.3. The van der Waals surface area contributed by atoms with Crippen LogP contribution in [0, 0.1) is 0 Å². The van der Waals surface area contributed by atoms with Crippen molar-refractivity contribution in [2.45, 2.75) is 24.6 Å². The van der Waals surface area contributed by atoms with Gasteiger partial charge in [0.15, 0.2) is 12.4 Å². The lowest BCUT2D eigenvalue weighted by Gasteiger charge is -2.15. The predicted octanol–water partition coefficient (Wildman–Crippen LogP) is -0.764. The van der Waals surface area contributed by atoms with Crippen LogP contribution in [0.1, 0.15) is 11.8 Å². The van der Waals surface area contributed by atoms with Crippen LogP contribution in [-0.4, -0.2) is 54.7 Å². The summed E-state index contributed by atoms with van der Waals surface area (Å²) >= 11 is 4.97. The van der Waals surface area contributed by atoms with Crippen LogP contribution < -0.4 is 11.5 Å². The molecule has 0 aromatic carbocycles. The number of alkyl halides is 1. The molecule has 1 aliphatic rings. The summed E-state index contributed by atoms with van der Waals surface area (Å²) < 4.78 is 21.0. The Morgan fingerprint density at radius 1 is 1.50 bits per heavy atom. The van der Waals surface area contributed by atoms with Gasteiger partial charge in [0, 0.05) is 11.8 Å². The molecule has 1 fully saturated rings. The Balaban J connectivity index is 2.16. The van der Waals surface area contributed by atoms with Crippen molar-refractivity contribution in [2.75, 3.05) is 12.3 Å². The molecule has 0 saturated carbocycles. The molecule has 8 nitrogen and oxygen atoms in total. The minimum atomic E-state index is -1.75. The number of thiocarbonyl (C=S) groups is 1. The van der Waals surface area contributed by atoms with Gasteiger partial charge >= 0.3 is 0 Å². The first-order valence-corrected chi connectivity index (χ1v) is 6.85. The third-order valence-electron chi connectivity index (χ3n) is 3.65. The number of ether oxygens (including phenoxy) is 1. The van der Waals surface area contributed by atoms with Crippen molar-refractivity contribution in [3.05, 3.63) is 18.1 Å². The number of rotatable bonds is 3. The van der Waals surface area contributed by atoms with E-state index >= 15 is 0 Å². The third-order valence-corrected chi connectivity index (χ3v) is 3.87. The molecule has 1 saturated heterocycles. The van der Waals surface area contributed by atoms with Crippen LogP contribution in [-0.2, 0) is 4.74 Å². The molecule has 0 spiro atoms. The van der Waals surface area contributed by atoms with E-state index in [4.69, 9.17) is 33.5 Å². The standard InChI is InChI=1S/C12H14FN5O3S/c13-7-8(20)5(2-19)21-12(7)18-1-4(10(15)22)6-9(14)16-3-17-11(6)18/h1,3,5,7-8,12,19-20H,2H2,(H2,15,22)(H2,14,16,17)/t5-,7+,8-,12-/m1/s1. The van der Waals surface area contributed by atoms with E-state index in [0.29, 0.717) is 10.9 Å². The Morgan fingerprint density at radius 3 is 2.82 bits per heavy atom. The van der Waals surface area contributed by atoms with Crippen molar-refractivity contribution in [1.29, 1.82) is 0 Å². The van der Waals surface area contributed by atoms with Crippen LogP contribution in [0.5, 0.6) is 0 Å². The number of aliphatic hydroxyl groups is 2. The number of aromatic nitrogens is 3. The lowest BCUT2D eigenvalue weighted by Crippen LogP contribution is -2.30. The Kier molecular flexibility index (Phi) is 3.68. The van der Waals surface area contributed by atoms with E-state index in [9.17, 15) is 9.50 Å². The second kappa shape index (κ2) is 5.39. The molecular formula is C12H14FN5O3S. The van der Waals surface area contributed by atoms with Gasteiger partial charge in [-0.25, -0.2) is 14.4 Å². The van der Waals surface area contributed by atoms with E-state index < -0.39 is 31.2 Å². The van der Waals surface area contributed by atoms with E-state index in [1.54, 1.807) is 0 Å². The molecule has 3 heterocycles. The SMILES string of the molecule is NC(=S)c1cn([C@@H]2O[C@H](CO)[C@@H](O)[C@@H]2F)c2ncnc(N)c12. The van der Waals surface area contributed by atoms with Crippen LogP contribution in [0.4, 0.5) is 10.2 Å². The second-order valence-corrected chi connectivity index (χ2v) is 5.39. The third kappa shape index (κ3) is 2.11. The molecule has 0 aliphatic carbocycles. The van der Waals surface area contributed by atoms with Crippen molar-refractivity contribution in [3.63, 3.8) is 0 Å². The molecule has 3 rings (SSSR count).